The van der Waals surface area contributed by atoms with Crippen molar-refractivity contribution in [1.82, 2.24) is 20.9 Å². The van der Waals surface area contributed by atoms with Gasteiger partial charge in [0.1, 0.15) is 24.2 Å². The van der Waals surface area contributed by atoms with Crippen molar-refractivity contribution in [3.63, 3.8) is 0 Å². The van der Waals surface area contributed by atoms with Crippen molar-refractivity contribution in [3.05, 3.63) is 48.6 Å². The number of nitrogens with two attached hydrogens (primary N) is 1. The molecule has 1 aromatic carbocycles. The number of allylic oxidation sites excluding steroid dienone is 1. The summed E-state index contributed by atoms with van der Waals surface area (Å²) in [5.41, 5.74) is 4.92. The van der Waals surface area contributed by atoms with Crippen molar-refractivity contribution in [2.24, 2.45) is 34.3 Å². The van der Waals surface area contributed by atoms with Gasteiger partial charge in [0.15, 0.2) is 0 Å². The first-order valence-corrected chi connectivity index (χ1v) is 19.3. The second-order valence-electron chi connectivity index (χ2n) is 17.0. The molecule has 2 unspecified atom stereocenters. The van der Waals surface area contributed by atoms with Crippen LogP contribution in [0, 0.1) is 28.6 Å². The molecule has 1 saturated heterocycles. The van der Waals surface area contributed by atoms with Gasteiger partial charge in [0.2, 0.25) is 17.6 Å². The molecule has 12 heteroatoms. The van der Waals surface area contributed by atoms with Crippen LogP contribution in [0.5, 0.6) is 0 Å². The smallest absolute Gasteiger partial charge is 0.329 e. The van der Waals surface area contributed by atoms with Gasteiger partial charge in [0.25, 0.3) is 5.91 Å². The summed E-state index contributed by atoms with van der Waals surface area (Å²) in [6.07, 6.45) is 9.03. The van der Waals surface area contributed by atoms with Gasteiger partial charge in [0.05, 0.1) is 6.04 Å². The number of nitrogens with one attached hydrogen (secondary N) is 3. The van der Waals surface area contributed by atoms with E-state index in [9.17, 15) is 28.8 Å². The van der Waals surface area contributed by atoms with Gasteiger partial charge >= 0.3 is 12.0 Å². The molecule has 0 radical (unpaired) electrons. The average molecular weight is 736 g/mol. The maximum Gasteiger partial charge on any atom is 0.329 e. The van der Waals surface area contributed by atoms with Gasteiger partial charge in [-0.3, -0.25) is 19.2 Å². The summed E-state index contributed by atoms with van der Waals surface area (Å²) in [6, 6.07) is 4.54. The number of carbonyl (C=O) groups is 6. The van der Waals surface area contributed by atoms with Gasteiger partial charge in [-0.1, -0.05) is 110 Å². The molecule has 2 aliphatic carbocycles. The Labute approximate surface area is 314 Å². The number of nitrogens with zero attached hydrogens (tertiary/aromatic N) is 1. The lowest BCUT2D eigenvalue weighted by molar-refractivity contribution is -0.153. The molecule has 12 nitrogen and oxygen atoms in total. The molecule has 1 heterocycles. The number of ketones is 1. The van der Waals surface area contributed by atoms with E-state index in [1.807, 2.05) is 65.0 Å². The Morgan fingerprint density at radius 1 is 0.906 bits per heavy atom. The minimum Gasteiger partial charge on any atom is -0.456 e. The van der Waals surface area contributed by atoms with Gasteiger partial charge < -0.3 is 31.3 Å². The minimum atomic E-state index is -1.11. The highest BCUT2D eigenvalue weighted by Gasteiger charge is 2.50. The number of esters is 1. The Kier molecular flexibility index (Phi) is 13.9. The second-order valence-corrected chi connectivity index (χ2v) is 17.0. The third-order valence-corrected chi connectivity index (χ3v) is 11.7. The van der Waals surface area contributed by atoms with Crippen molar-refractivity contribution in [2.75, 3.05) is 6.54 Å². The summed E-state index contributed by atoms with van der Waals surface area (Å²) in [5.74, 6) is -3.87. The molecule has 4 rings (SSSR count). The first-order chi connectivity index (χ1) is 24.9. The molecule has 3 aliphatic rings. The summed E-state index contributed by atoms with van der Waals surface area (Å²) in [5, 5.41) is 8.57. The number of hydrogen-bond acceptors (Lipinski definition) is 7. The summed E-state index contributed by atoms with van der Waals surface area (Å²) < 4.78 is 5.81. The van der Waals surface area contributed by atoms with E-state index >= 15 is 0 Å². The highest BCUT2D eigenvalue weighted by atomic mass is 16.5. The number of rotatable bonds is 15. The third-order valence-electron chi connectivity index (χ3n) is 11.7. The fourth-order valence-corrected chi connectivity index (χ4v) is 8.02. The van der Waals surface area contributed by atoms with E-state index < -0.39 is 76.6 Å². The first kappa shape index (κ1) is 41.5. The molecule has 292 valence electrons. The normalized spacial score (nSPS) is 22.0. The Morgan fingerprint density at radius 3 is 2.09 bits per heavy atom. The van der Waals surface area contributed by atoms with Gasteiger partial charge in [-0.2, -0.15) is 0 Å². The average Bonchev–Trinajstić information content (AvgIpc) is 3.56. The summed E-state index contributed by atoms with van der Waals surface area (Å²) in [6.45, 7) is 15.4. The monoisotopic (exact) mass is 735 g/mol. The van der Waals surface area contributed by atoms with Gasteiger partial charge in [-0.15, -0.1) is 6.58 Å². The zero-order valence-electron chi connectivity index (χ0n) is 32.5. The van der Waals surface area contributed by atoms with Gasteiger partial charge in [0, 0.05) is 6.54 Å². The third kappa shape index (κ3) is 10.5. The highest BCUT2D eigenvalue weighted by Crippen LogP contribution is 2.41. The van der Waals surface area contributed by atoms with Crippen LogP contribution in [-0.2, 0) is 28.7 Å². The first-order valence-electron chi connectivity index (χ1n) is 19.3. The molecule has 0 bridgehead atoms. The number of ether oxygens (including phenoxy) is 1. The van der Waals surface area contributed by atoms with Crippen LogP contribution in [0.3, 0.4) is 0 Å². The number of primary amides is 1. The molecule has 2 saturated carbocycles. The summed E-state index contributed by atoms with van der Waals surface area (Å²) in [7, 11) is 0. The predicted octanol–water partition coefficient (Wildman–Crippen LogP) is 5.11. The second kappa shape index (κ2) is 17.7. The topological polar surface area (TPSA) is 177 Å². The molecule has 3 fully saturated rings. The van der Waals surface area contributed by atoms with E-state index in [1.54, 1.807) is 13.0 Å². The molecule has 0 aromatic heterocycles. The Morgan fingerprint density at radius 2 is 1.55 bits per heavy atom. The van der Waals surface area contributed by atoms with Crippen LogP contribution < -0.4 is 21.7 Å². The molecule has 1 aliphatic heterocycles. The van der Waals surface area contributed by atoms with Crippen LogP contribution in [0.4, 0.5) is 4.79 Å². The molecular weight excluding hydrogens is 674 g/mol. The largest absolute Gasteiger partial charge is 0.456 e. The maximum atomic E-state index is 14.8. The van der Waals surface area contributed by atoms with Gasteiger partial charge in [-0.05, 0) is 66.8 Å². The quantitative estimate of drug-likeness (QED) is 0.110. The predicted molar refractivity (Wildman–Crippen MR) is 202 cm³/mol. The number of hydrogen-bond donors (Lipinski definition) is 4. The lowest BCUT2D eigenvalue weighted by Gasteiger charge is -2.39. The summed E-state index contributed by atoms with van der Waals surface area (Å²) in [4.78, 5) is 82.9. The SMILES string of the molecule is C=CC(C)(C)C1CCN(C(=O)[C@@H](NC(=O)N[C@H](C(=O)O[C@@H](C)c2ccccc2)C(C)(C)C)C2CCCCC2)[C@@H]1C(=O)NC(CC1CCC1)C(=O)C(N)=O. The molecule has 5 N–H and O–H groups in total. The Hall–Kier alpha value is -4.22. The number of amides is 5. The Balaban J connectivity index is 1.59. The van der Waals surface area contributed by atoms with Crippen molar-refractivity contribution >= 4 is 35.5 Å². The van der Waals surface area contributed by atoms with Crippen molar-refractivity contribution in [2.45, 2.75) is 136 Å². The van der Waals surface area contributed by atoms with E-state index in [2.05, 4.69) is 22.5 Å². The van der Waals surface area contributed by atoms with Crippen LogP contribution in [-0.4, -0.2) is 71.1 Å². The van der Waals surface area contributed by atoms with Crippen LogP contribution in [0.2, 0.25) is 0 Å². The number of carbonyl (C=O) groups excluding carboxylic acids is 6. The van der Waals surface area contributed by atoms with E-state index in [4.69, 9.17) is 10.5 Å². The van der Waals surface area contributed by atoms with E-state index in [0.29, 0.717) is 25.7 Å². The van der Waals surface area contributed by atoms with Crippen LogP contribution in [0.25, 0.3) is 0 Å². The highest BCUT2D eigenvalue weighted by molar-refractivity contribution is 6.37. The van der Waals surface area contributed by atoms with Gasteiger partial charge in [-0.25, -0.2) is 9.59 Å². The Bertz CT molecular complexity index is 1500. The summed E-state index contributed by atoms with van der Waals surface area (Å²) >= 11 is 0. The molecule has 6 atom stereocenters. The van der Waals surface area contributed by atoms with Crippen LogP contribution in [0.1, 0.15) is 117 Å². The molecule has 0 spiro atoms. The van der Waals surface area contributed by atoms with Crippen LogP contribution in [0.15, 0.2) is 43.0 Å². The maximum absolute atomic E-state index is 14.8. The lowest BCUT2D eigenvalue weighted by Crippen LogP contribution is -2.61. The van der Waals surface area contributed by atoms with E-state index in [-0.39, 0.29) is 24.3 Å². The standard InChI is InChI=1S/C41H61N5O7/c1-8-41(6,7)29-22-23-46(32(29)36(49)43-30(33(47)35(42)48)24-26-16-15-17-26)37(50)31(28-20-13-10-14-21-28)44-39(52)45-34(40(3,4)5)38(51)53-25(2)27-18-11-9-12-19-27/h8-9,11-12,18-19,25-26,28-32,34H,1,10,13-17,20-24H2,2-7H3,(H2,42,48)(H,43,49)(H2,44,45,52)/t25-,29?,30?,31-,32-,34+/m0/s1. The number of benzene rings is 1. The number of urea groups is 1. The van der Waals surface area contributed by atoms with E-state index in [0.717, 1.165) is 44.1 Å². The number of Topliss-reactive ketones (excluding diaryl/α,β-unsaturated/α-hetero) is 1. The molecular formula is C41H61N5O7. The fourth-order valence-electron chi connectivity index (χ4n) is 8.02. The van der Waals surface area contributed by atoms with Crippen molar-refractivity contribution in [1.29, 1.82) is 0 Å². The van der Waals surface area contributed by atoms with Crippen molar-refractivity contribution in [3.8, 4) is 0 Å². The zero-order valence-corrected chi connectivity index (χ0v) is 32.5. The zero-order chi connectivity index (χ0) is 39.1. The van der Waals surface area contributed by atoms with E-state index in [1.165, 1.54) is 4.90 Å². The number of likely N-dealkylation sites (tertiary alicyclic amines) is 1. The molecule has 1 aromatic rings. The molecule has 53 heavy (non-hydrogen) atoms. The fraction of sp³-hybridized carbons (Fsp3) is 0.659. The lowest BCUT2D eigenvalue weighted by atomic mass is 9.74. The minimum absolute atomic E-state index is 0.194. The molecule has 5 amide bonds. The van der Waals surface area contributed by atoms with Crippen molar-refractivity contribution < 1.29 is 33.5 Å². The van der Waals surface area contributed by atoms with Crippen LogP contribution >= 0.6 is 0 Å².